The van der Waals surface area contributed by atoms with Crippen LogP contribution in [0.4, 0.5) is 5.82 Å². The molecule has 0 amide bonds. The summed E-state index contributed by atoms with van der Waals surface area (Å²) in [6.45, 7) is 0.00765. The molecule has 3 rings (SSSR count). The summed E-state index contributed by atoms with van der Waals surface area (Å²) < 4.78 is 12.2. The number of hydrogen-bond acceptors (Lipinski definition) is 5. The lowest BCUT2D eigenvalue weighted by molar-refractivity contribution is 0.143. The van der Waals surface area contributed by atoms with E-state index in [0.717, 1.165) is 24.8 Å². The van der Waals surface area contributed by atoms with Crippen molar-refractivity contribution in [3.8, 4) is 6.07 Å². The minimum atomic E-state index is -1.16. The Balaban J connectivity index is 2.08. The lowest BCUT2D eigenvalue weighted by atomic mass is 9.77. The first kappa shape index (κ1) is 13.8. The Hall–Kier alpha value is -1.16. The Morgan fingerprint density at radius 3 is 2.85 bits per heavy atom. The van der Waals surface area contributed by atoms with Gasteiger partial charge in [0, 0.05) is 5.75 Å². The highest BCUT2D eigenvalue weighted by molar-refractivity contribution is 7.85. The van der Waals surface area contributed by atoms with E-state index in [0.29, 0.717) is 28.5 Å². The van der Waals surface area contributed by atoms with E-state index < -0.39 is 10.8 Å². The van der Waals surface area contributed by atoms with Crippen molar-refractivity contribution in [1.29, 1.82) is 5.26 Å². The van der Waals surface area contributed by atoms with Gasteiger partial charge in [0.1, 0.15) is 17.0 Å². The first-order valence-electron chi connectivity index (χ1n) is 6.50. The molecule has 1 aliphatic carbocycles. The van der Waals surface area contributed by atoms with Crippen molar-refractivity contribution >= 4 is 28.2 Å². The standard InChI is InChI=1S/C13H14ClN3O2S/c14-11-9(6-15)8-2-5-20(19)10(8)12(16-11)17-13(7-18)3-1-4-13/h18H,1-5,7H2,(H,16,17). The molecule has 20 heavy (non-hydrogen) atoms. The third kappa shape index (κ3) is 2.01. The number of nitrogens with one attached hydrogen (secondary N) is 1. The molecule has 1 aliphatic heterocycles. The Labute approximate surface area is 124 Å². The summed E-state index contributed by atoms with van der Waals surface area (Å²) in [7, 11) is -1.16. The number of aliphatic hydroxyl groups is 1. The largest absolute Gasteiger partial charge is 0.394 e. The van der Waals surface area contributed by atoms with E-state index in [1.54, 1.807) is 0 Å². The normalized spacial score (nSPS) is 22.8. The van der Waals surface area contributed by atoms with Crippen LogP contribution in [0.2, 0.25) is 5.15 Å². The number of rotatable bonds is 3. The van der Waals surface area contributed by atoms with Gasteiger partial charge in [-0.3, -0.25) is 4.21 Å². The molecule has 1 atom stereocenters. The zero-order chi connectivity index (χ0) is 14.3. The van der Waals surface area contributed by atoms with E-state index >= 15 is 0 Å². The second-order valence-corrected chi connectivity index (χ2v) is 7.13. The number of hydrogen-bond donors (Lipinski definition) is 2. The zero-order valence-corrected chi connectivity index (χ0v) is 12.4. The number of pyridine rings is 1. The van der Waals surface area contributed by atoms with E-state index in [1.165, 1.54) is 0 Å². The Kier molecular flexibility index (Phi) is 3.44. The van der Waals surface area contributed by atoms with Gasteiger partial charge in [-0.2, -0.15) is 5.26 Å². The number of aromatic nitrogens is 1. The highest BCUT2D eigenvalue weighted by atomic mass is 35.5. The molecule has 2 N–H and O–H groups in total. The van der Waals surface area contributed by atoms with Crippen LogP contribution in [0.15, 0.2) is 4.90 Å². The van der Waals surface area contributed by atoms with Gasteiger partial charge in [0.25, 0.3) is 0 Å². The summed E-state index contributed by atoms with van der Waals surface area (Å²) in [5.74, 6) is 0.959. The van der Waals surface area contributed by atoms with Gasteiger partial charge in [-0.25, -0.2) is 4.98 Å². The minimum absolute atomic E-state index is 0.00765. The van der Waals surface area contributed by atoms with Gasteiger partial charge < -0.3 is 10.4 Å². The highest BCUT2D eigenvalue weighted by Gasteiger charge is 2.39. The van der Waals surface area contributed by atoms with Crippen molar-refractivity contribution in [2.24, 2.45) is 0 Å². The van der Waals surface area contributed by atoms with Gasteiger partial charge in [-0.1, -0.05) is 11.6 Å². The van der Waals surface area contributed by atoms with Crippen LogP contribution >= 0.6 is 11.6 Å². The summed E-state index contributed by atoms with van der Waals surface area (Å²) in [6.07, 6.45) is 3.32. The van der Waals surface area contributed by atoms with Crippen molar-refractivity contribution in [1.82, 2.24) is 4.98 Å². The molecule has 7 heteroatoms. The van der Waals surface area contributed by atoms with Gasteiger partial charge >= 0.3 is 0 Å². The van der Waals surface area contributed by atoms with Crippen LogP contribution < -0.4 is 5.32 Å². The molecule has 0 saturated heterocycles. The van der Waals surface area contributed by atoms with E-state index in [1.807, 2.05) is 6.07 Å². The van der Waals surface area contributed by atoms with Gasteiger partial charge in [-0.15, -0.1) is 0 Å². The maximum Gasteiger partial charge on any atom is 0.149 e. The van der Waals surface area contributed by atoms with Crippen LogP contribution in [0.3, 0.4) is 0 Å². The van der Waals surface area contributed by atoms with E-state index in [2.05, 4.69) is 10.3 Å². The van der Waals surface area contributed by atoms with Crippen LogP contribution in [0.5, 0.6) is 0 Å². The zero-order valence-electron chi connectivity index (χ0n) is 10.8. The van der Waals surface area contributed by atoms with Crippen molar-refractivity contribution in [2.75, 3.05) is 17.7 Å². The maximum absolute atomic E-state index is 12.2. The van der Waals surface area contributed by atoms with Crippen molar-refractivity contribution in [3.63, 3.8) is 0 Å². The molecule has 0 spiro atoms. The SMILES string of the molecule is N#Cc1c(Cl)nc(NC2(CO)CCC2)c2c1CCS2=O. The Bertz CT molecular complexity index is 632. The second kappa shape index (κ2) is 4.99. The Morgan fingerprint density at radius 1 is 1.55 bits per heavy atom. The molecular formula is C13H14ClN3O2S. The number of halogens is 1. The molecule has 106 valence electrons. The lowest BCUT2D eigenvalue weighted by Gasteiger charge is -2.41. The first-order valence-corrected chi connectivity index (χ1v) is 8.20. The molecule has 0 bridgehead atoms. The summed E-state index contributed by atoms with van der Waals surface area (Å²) in [5, 5.41) is 22.0. The fourth-order valence-corrected chi connectivity index (χ4v) is 4.37. The fourth-order valence-electron chi connectivity index (χ4n) is 2.74. The smallest absolute Gasteiger partial charge is 0.149 e. The average Bonchev–Trinajstić information content (AvgIpc) is 2.76. The quantitative estimate of drug-likeness (QED) is 0.828. The molecule has 1 aromatic heterocycles. The number of nitriles is 1. The molecule has 5 nitrogen and oxygen atoms in total. The predicted molar refractivity (Wildman–Crippen MR) is 76.2 cm³/mol. The average molecular weight is 312 g/mol. The molecule has 2 heterocycles. The monoisotopic (exact) mass is 311 g/mol. The summed E-state index contributed by atoms with van der Waals surface area (Å²) >= 11 is 6.06. The Morgan fingerprint density at radius 2 is 2.30 bits per heavy atom. The molecule has 1 unspecified atom stereocenters. The van der Waals surface area contributed by atoms with Gasteiger partial charge in [0.15, 0.2) is 0 Å². The number of nitrogens with zero attached hydrogens (tertiary/aromatic N) is 2. The molecule has 0 radical (unpaired) electrons. The molecule has 1 aromatic rings. The van der Waals surface area contributed by atoms with Crippen molar-refractivity contribution in [2.45, 2.75) is 36.1 Å². The lowest BCUT2D eigenvalue weighted by Crippen LogP contribution is -2.48. The van der Waals surface area contributed by atoms with E-state index in [9.17, 15) is 9.32 Å². The number of fused-ring (bicyclic) bond motifs is 1. The third-order valence-corrected chi connectivity index (χ3v) is 5.82. The molecule has 0 aromatic carbocycles. The predicted octanol–water partition coefficient (Wildman–Crippen LogP) is 1.60. The van der Waals surface area contributed by atoms with Crippen LogP contribution in [-0.2, 0) is 17.2 Å². The topological polar surface area (TPSA) is 86.0 Å². The van der Waals surface area contributed by atoms with Crippen LogP contribution in [0.25, 0.3) is 0 Å². The number of aliphatic hydroxyl groups excluding tert-OH is 1. The van der Waals surface area contributed by atoms with Crippen molar-refractivity contribution < 1.29 is 9.32 Å². The molecule has 1 saturated carbocycles. The summed E-state index contributed by atoms with van der Waals surface area (Å²) in [6, 6.07) is 2.04. The van der Waals surface area contributed by atoms with Gasteiger partial charge in [0.05, 0.1) is 33.4 Å². The van der Waals surface area contributed by atoms with Crippen LogP contribution in [-0.4, -0.2) is 32.2 Å². The summed E-state index contributed by atoms with van der Waals surface area (Å²) in [4.78, 5) is 4.80. The van der Waals surface area contributed by atoms with Crippen LogP contribution in [0, 0.1) is 11.3 Å². The maximum atomic E-state index is 12.2. The molecule has 2 aliphatic rings. The van der Waals surface area contributed by atoms with Gasteiger partial charge in [-0.05, 0) is 31.2 Å². The van der Waals surface area contributed by atoms with E-state index in [4.69, 9.17) is 16.9 Å². The summed E-state index contributed by atoms with van der Waals surface area (Å²) in [5.41, 5.74) is 0.677. The van der Waals surface area contributed by atoms with Crippen LogP contribution in [0.1, 0.15) is 30.4 Å². The van der Waals surface area contributed by atoms with Gasteiger partial charge in [0.2, 0.25) is 0 Å². The first-order chi connectivity index (χ1) is 9.60. The number of anilines is 1. The molecule has 1 fully saturated rings. The third-order valence-electron chi connectivity index (χ3n) is 4.08. The second-order valence-electron chi connectivity index (χ2n) is 5.26. The minimum Gasteiger partial charge on any atom is -0.394 e. The van der Waals surface area contributed by atoms with E-state index in [-0.39, 0.29) is 17.3 Å². The highest BCUT2D eigenvalue weighted by Crippen LogP contribution is 2.40. The fraction of sp³-hybridized carbons (Fsp3) is 0.538. The van der Waals surface area contributed by atoms with Crippen molar-refractivity contribution in [3.05, 3.63) is 16.3 Å². The molecular weight excluding hydrogens is 298 g/mol.